The predicted molar refractivity (Wildman–Crippen MR) is 74.6 cm³/mol. The van der Waals surface area contributed by atoms with E-state index in [-0.39, 0.29) is 0 Å². The van der Waals surface area contributed by atoms with Crippen LogP contribution in [0.2, 0.25) is 0 Å². The van der Waals surface area contributed by atoms with Gasteiger partial charge in [-0.1, -0.05) is 20.8 Å². The number of fused-ring (bicyclic) bond motifs is 2. The molecule has 0 spiro atoms. The number of hydrogen-bond acceptors (Lipinski definition) is 2. The van der Waals surface area contributed by atoms with Crippen molar-refractivity contribution in [1.29, 1.82) is 0 Å². The monoisotopic (exact) mass is 251 g/mol. The Balaban J connectivity index is 1.61. The molecule has 1 heterocycles. The summed E-state index contributed by atoms with van der Waals surface area (Å²) in [5.74, 6) is 0.937. The maximum Gasteiger partial charge on any atom is 0.0699 e. The molecule has 18 heavy (non-hydrogen) atoms. The topological polar surface area (TPSA) is 21.3 Å². The van der Waals surface area contributed by atoms with Gasteiger partial charge >= 0.3 is 0 Å². The minimum atomic E-state index is 0.470. The van der Waals surface area contributed by atoms with E-state index in [1.165, 1.54) is 38.5 Å². The van der Waals surface area contributed by atoms with Gasteiger partial charge < -0.3 is 10.1 Å². The van der Waals surface area contributed by atoms with Gasteiger partial charge in [-0.05, 0) is 55.3 Å². The highest BCUT2D eigenvalue weighted by Gasteiger charge is 2.58. The van der Waals surface area contributed by atoms with Crippen molar-refractivity contribution in [3.8, 4) is 0 Å². The van der Waals surface area contributed by atoms with E-state index >= 15 is 0 Å². The van der Waals surface area contributed by atoms with Crippen molar-refractivity contribution in [3.63, 3.8) is 0 Å². The number of nitrogens with one attached hydrogen (secondary N) is 1. The van der Waals surface area contributed by atoms with Crippen molar-refractivity contribution in [2.75, 3.05) is 13.2 Å². The molecule has 2 nitrogen and oxygen atoms in total. The minimum Gasteiger partial charge on any atom is -0.377 e. The summed E-state index contributed by atoms with van der Waals surface area (Å²) in [6.07, 6.45) is 8.62. The van der Waals surface area contributed by atoms with Crippen molar-refractivity contribution >= 4 is 0 Å². The molecule has 4 unspecified atom stereocenters. The van der Waals surface area contributed by atoms with Crippen LogP contribution in [0.1, 0.15) is 59.3 Å². The largest absolute Gasteiger partial charge is 0.377 e. The third-order valence-electron chi connectivity index (χ3n) is 6.09. The van der Waals surface area contributed by atoms with Crippen LogP contribution in [0.4, 0.5) is 0 Å². The molecular formula is C16H29NO. The summed E-state index contributed by atoms with van der Waals surface area (Å²) < 4.78 is 5.86. The Kier molecular flexibility index (Phi) is 3.22. The van der Waals surface area contributed by atoms with Crippen molar-refractivity contribution in [2.24, 2.45) is 16.7 Å². The summed E-state index contributed by atoms with van der Waals surface area (Å²) in [5.41, 5.74) is 1.02. The fraction of sp³-hybridized carbons (Fsp3) is 1.00. The number of ether oxygens (including phenoxy) is 1. The first-order valence-electron chi connectivity index (χ1n) is 7.87. The molecule has 2 saturated carbocycles. The van der Waals surface area contributed by atoms with Crippen molar-refractivity contribution in [3.05, 3.63) is 0 Å². The molecule has 1 N–H and O–H groups in total. The maximum absolute atomic E-state index is 5.86. The minimum absolute atomic E-state index is 0.470. The van der Waals surface area contributed by atoms with Crippen molar-refractivity contribution < 1.29 is 4.74 Å². The van der Waals surface area contributed by atoms with Crippen molar-refractivity contribution in [1.82, 2.24) is 5.32 Å². The Morgan fingerprint density at radius 3 is 2.61 bits per heavy atom. The number of rotatable bonds is 3. The van der Waals surface area contributed by atoms with Gasteiger partial charge in [0, 0.05) is 19.2 Å². The summed E-state index contributed by atoms with van der Waals surface area (Å²) in [5, 5.41) is 3.89. The number of hydrogen-bond donors (Lipinski definition) is 1. The molecule has 2 bridgehead atoms. The van der Waals surface area contributed by atoms with Gasteiger partial charge in [0.15, 0.2) is 0 Å². The highest BCUT2D eigenvalue weighted by molar-refractivity contribution is 5.12. The molecule has 2 heteroatoms. The Morgan fingerprint density at radius 1 is 1.17 bits per heavy atom. The van der Waals surface area contributed by atoms with Crippen LogP contribution >= 0.6 is 0 Å². The van der Waals surface area contributed by atoms with Gasteiger partial charge in [-0.25, -0.2) is 0 Å². The molecule has 1 saturated heterocycles. The molecule has 4 atom stereocenters. The van der Waals surface area contributed by atoms with Crippen LogP contribution in [0.5, 0.6) is 0 Å². The lowest BCUT2D eigenvalue weighted by atomic mass is 9.68. The van der Waals surface area contributed by atoms with Gasteiger partial charge in [0.1, 0.15) is 0 Å². The summed E-state index contributed by atoms with van der Waals surface area (Å²) in [6, 6.07) is 0.689. The molecule has 0 amide bonds. The lowest BCUT2D eigenvalue weighted by Gasteiger charge is -2.44. The standard InChI is InChI=1S/C16H29NO/c1-15(2)12-7-8-16(3,10-12)14(15)17-11-13-6-4-5-9-18-13/h12-14,17H,4-11H2,1-3H3. The SMILES string of the molecule is CC12CCC(C1)C(C)(C)C2NCC1CCCCO1. The van der Waals surface area contributed by atoms with Gasteiger partial charge in [0.2, 0.25) is 0 Å². The first-order valence-corrected chi connectivity index (χ1v) is 7.87. The molecule has 3 rings (SSSR count). The second kappa shape index (κ2) is 4.49. The molecule has 3 fully saturated rings. The lowest BCUT2D eigenvalue weighted by molar-refractivity contribution is 0.00593. The zero-order valence-electron chi connectivity index (χ0n) is 12.3. The third-order valence-corrected chi connectivity index (χ3v) is 6.09. The van der Waals surface area contributed by atoms with Crippen LogP contribution in [0, 0.1) is 16.7 Å². The lowest BCUT2D eigenvalue weighted by Crippen LogP contribution is -2.52. The van der Waals surface area contributed by atoms with Crippen molar-refractivity contribution in [2.45, 2.75) is 71.4 Å². The van der Waals surface area contributed by atoms with E-state index in [0.717, 1.165) is 19.1 Å². The second-order valence-electron chi connectivity index (χ2n) is 7.74. The molecule has 0 aromatic rings. The van der Waals surface area contributed by atoms with E-state index in [4.69, 9.17) is 4.74 Å². The Labute approximate surface area is 112 Å². The summed E-state index contributed by atoms with van der Waals surface area (Å²) in [7, 11) is 0. The molecule has 104 valence electrons. The Morgan fingerprint density at radius 2 is 2.00 bits per heavy atom. The van der Waals surface area contributed by atoms with Gasteiger partial charge in [-0.15, -0.1) is 0 Å². The van der Waals surface area contributed by atoms with Gasteiger partial charge in [0.25, 0.3) is 0 Å². The zero-order valence-corrected chi connectivity index (χ0v) is 12.3. The van der Waals surface area contributed by atoms with E-state index in [1.807, 2.05) is 0 Å². The summed E-state index contributed by atoms with van der Waals surface area (Å²) in [6.45, 7) is 9.49. The van der Waals surface area contributed by atoms with Gasteiger partial charge in [-0.3, -0.25) is 0 Å². The zero-order chi connectivity index (χ0) is 12.8. The van der Waals surface area contributed by atoms with E-state index in [0.29, 0.717) is 23.0 Å². The fourth-order valence-electron chi connectivity index (χ4n) is 5.03. The molecule has 0 radical (unpaired) electrons. The van der Waals surface area contributed by atoms with E-state index in [2.05, 4.69) is 26.1 Å². The fourth-order valence-corrected chi connectivity index (χ4v) is 5.03. The van der Waals surface area contributed by atoms with E-state index < -0.39 is 0 Å². The summed E-state index contributed by atoms with van der Waals surface area (Å²) >= 11 is 0. The highest BCUT2D eigenvalue weighted by Crippen LogP contribution is 2.62. The second-order valence-corrected chi connectivity index (χ2v) is 7.74. The van der Waals surface area contributed by atoms with Crippen LogP contribution in [-0.2, 0) is 4.74 Å². The Hall–Kier alpha value is -0.0800. The van der Waals surface area contributed by atoms with Crippen LogP contribution in [0.3, 0.4) is 0 Å². The molecule has 3 aliphatic rings. The predicted octanol–water partition coefficient (Wildman–Crippen LogP) is 3.36. The smallest absolute Gasteiger partial charge is 0.0699 e. The third kappa shape index (κ3) is 2.02. The van der Waals surface area contributed by atoms with E-state index in [1.54, 1.807) is 0 Å². The molecule has 2 aliphatic carbocycles. The van der Waals surface area contributed by atoms with Crippen LogP contribution in [0.15, 0.2) is 0 Å². The van der Waals surface area contributed by atoms with Crippen LogP contribution in [0.25, 0.3) is 0 Å². The normalized spacial score (nSPS) is 46.5. The molecule has 1 aliphatic heterocycles. The first-order chi connectivity index (χ1) is 8.52. The van der Waals surface area contributed by atoms with E-state index in [9.17, 15) is 0 Å². The first kappa shape index (κ1) is 12.9. The maximum atomic E-state index is 5.86. The highest BCUT2D eigenvalue weighted by atomic mass is 16.5. The Bertz CT molecular complexity index is 303. The average Bonchev–Trinajstić information content (AvgIpc) is 2.81. The van der Waals surface area contributed by atoms with Crippen LogP contribution < -0.4 is 5.32 Å². The quantitative estimate of drug-likeness (QED) is 0.830. The van der Waals surface area contributed by atoms with Gasteiger partial charge in [-0.2, -0.15) is 0 Å². The molecular weight excluding hydrogens is 222 g/mol. The molecule has 0 aromatic heterocycles. The summed E-state index contributed by atoms with van der Waals surface area (Å²) in [4.78, 5) is 0. The van der Waals surface area contributed by atoms with Crippen LogP contribution in [-0.4, -0.2) is 25.3 Å². The van der Waals surface area contributed by atoms with Gasteiger partial charge in [0.05, 0.1) is 6.10 Å². The average molecular weight is 251 g/mol. The molecule has 0 aromatic carbocycles.